The molecule has 3 nitrogen and oxygen atoms in total. The number of fused-ring (bicyclic) bond motifs is 1. The highest BCUT2D eigenvalue weighted by Gasteiger charge is 2.07. The molecule has 0 spiro atoms. The van der Waals surface area contributed by atoms with E-state index >= 15 is 0 Å². The van der Waals surface area contributed by atoms with Gasteiger partial charge >= 0.3 is 0 Å². The lowest BCUT2D eigenvalue weighted by molar-refractivity contribution is 0.414. The van der Waals surface area contributed by atoms with Crippen LogP contribution in [0.2, 0.25) is 0 Å². The second-order valence-corrected chi connectivity index (χ2v) is 5.76. The van der Waals surface area contributed by atoms with Crippen LogP contribution in [-0.2, 0) is 0 Å². The van der Waals surface area contributed by atoms with E-state index in [-0.39, 0.29) is 0 Å². The van der Waals surface area contributed by atoms with Gasteiger partial charge in [0.1, 0.15) is 17.1 Å². The van der Waals surface area contributed by atoms with Crippen molar-refractivity contribution in [3.05, 3.63) is 84.2 Å². The van der Waals surface area contributed by atoms with Gasteiger partial charge in [0.05, 0.1) is 7.11 Å². The monoisotopic (exact) mass is 327 g/mol. The van der Waals surface area contributed by atoms with Crippen LogP contribution in [0, 0.1) is 0 Å². The molecule has 2 heterocycles. The van der Waals surface area contributed by atoms with Gasteiger partial charge in [0.2, 0.25) is 0 Å². The van der Waals surface area contributed by atoms with Gasteiger partial charge in [0.25, 0.3) is 0 Å². The Morgan fingerprint density at radius 3 is 2.52 bits per heavy atom. The topological polar surface area (TPSA) is 35.3 Å². The maximum atomic E-state index is 5.96. The molecule has 3 heteroatoms. The first-order valence-electron chi connectivity index (χ1n) is 8.08. The van der Waals surface area contributed by atoms with Crippen molar-refractivity contribution >= 4 is 23.1 Å². The lowest BCUT2D eigenvalue weighted by Crippen LogP contribution is -1.79. The molecule has 0 radical (unpaired) electrons. The van der Waals surface area contributed by atoms with Gasteiger partial charge in [0, 0.05) is 29.4 Å². The van der Waals surface area contributed by atoms with Crippen molar-refractivity contribution in [3.63, 3.8) is 0 Å². The van der Waals surface area contributed by atoms with E-state index in [4.69, 9.17) is 9.15 Å². The van der Waals surface area contributed by atoms with Gasteiger partial charge in [-0.15, -0.1) is 0 Å². The molecule has 0 bridgehead atoms. The molecule has 0 aliphatic heterocycles. The zero-order chi connectivity index (χ0) is 17.1. The molecule has 0 aliphatic carbocycles. The molecule has 4 aromatic rings. The number of rotatable bonds is 4. The van der Waals surface area contributed by atoms with E-state index < -0.39 is 0 Å². The molecule has 2 aromatic carbocycles. The fourth-order valence-corrected chi connectivity index (χ4v) is 2.71. The minimum absolute atomic E-state index is 0.796. The summed E-state index contributed by atoms with van der Waals surface area (Å²) < 4.78 is 11.2. The Kier molecular flexibility index (Phi) is 4.05. The highest BCUT2D eigenvalue weighted by Crippen LogP contribution is 2.30. The average molecular weight is 327 g/mol. The Labute approximate surface area is 146 Å². The number of methoxy groups -OCH3 is 1. The third kappa shape index (κ3) is 3.31. The minimum Gasteiger partial charge on any atom is -0.497 e. The van der Waals surface area contributed by atoms with Crippen molar-refractivity contribution in [2.45, 2.75) is 0 Å². The normalized spacial score (nSPS) is 11.2. The number of hydrogen-bond donors (Lipinski definition) is 0. The summed E-state index contributed by atoms with van der Waals surface area (Å²) in [6.07, 6.45) is 7.74. The van der Waals surface area contributed by atoms with Gasteiger partial charge < -0.3 is 9.15 Å². The van der Waals surface area contributed by atoms with Crippen molar-refractivity contribution < 1.29 is 9.15 Å². The lowest BCUT2D eigenvalue weighted by Gasteiger charge is -1.99. The van der Waals surface area contributed by atoms with E-state index in [9.17, 15) is 0 Å². The number of furan rings is 1. The van der Waals surface area contributed by atoms with Crippen LogP contribution in [0.15, 0.2) is 77.5 Å². The predicted octanol–water partition coefficient (Wildman–Crippen LogP) is 5.67. The van der Waals surface area contributed by atoms with E-state index in [1.54, 1.807) is 13.3 Å². The molecule has 0 saturated carbocycles. The zero-order valence-corrected chi connectivity index (χ0v) is 13.8. The Balaban J connectivity index is 1.58. The third-order valence-corrected chi connectivity index (χ3v) is 4.08. The molecule has 0 N–H and O–H groups in total. The van der Waals surface area contributed by atoms with Gasteiger partial charge in [-0.05, 0) is 35.4 Å². The number of ether oxygens (including phenoxy) is 1. The number of hydrogen-bond acceptors (Lipinski definition) is 3. The van der Waals surface area contributed by atoms with Crippen LogP contribution in [0.1, 0.15) is 11.1 Å². The second-order valence-electron chi connectivity index (χ2n) is 5.76. The number of benzene rings is 2. The molecule has 25 heavy (non-hydrogen) atoms. The average Bonchev–Trinajstić information content (AvgIpc) is 3.10. The molecule has 0 unspecified atom stereocenters. The van der Waals surface area contributed by atoms with Gasteiger partial charge in [-0.1, -0.05) is 42.5 Å². The molecule has 0 fully saturated rings. The Bertz CT molecular complexity index is 1020. The summed E-state index contributed by atoms with van der Waals surface area (Å²) in [7, 11) is 1.66. The number of pyridine rings is 1. The van der Waals surface area contributed by atoms with E-state index in [1.165, 1.54) is 0 Å². The summed E-state index contributed by atoms with van der Waals surface area (Å²) in [5.41, 5.74) is 4.09. The highest BCUT2D eigenvalue weighted by atomic mass is 16.5. The standard InChI is InChI=1S/C22H17NO2/c1-24-20-11-10-19-13-21(25-22(19)14-20)18-8-6-16(7-9-18)4-5-17-3-2-12-23-15-17/h2-15H,1H3. The second kappa shape index (κ2) is 6.65. The van der Waals surface area contributed by atoms with E-state index in [0.29, 0.717) is 0 Å². The number of aromatic nitrogens is 1. The van der Waals surface area contributed by atoms with Crippen LogP contribution in [0.3, 0.4) is 0 Å². The Morgan fingerprint density at radius 1 is 0.920 bits per heavy atom. The fraction of sp³-hybridized carbons (Fsp3) is 0.0455. The largest absolute Gasteiger partial charge is 0.497 e. The highest BCUT2D eigenvalue weighted by molar-refractivity contribution is 5.84. The number of nitrogens with zero attached hydrogens (tertiary/aromatic N) is 1. The van der Waals surface area contributed by atoms with E-state index in [0.717, 1.165) is 39.2 Å². The summed E-state index contributed by atoms with van der Waals surface area (Å²) >= 11 is 0. The molecule has 0 amide bonds. The Hall–Kier alpha value is -3.33. The van der Waals surface area contributed by atoms with Gasteiger partial charge in [-0.25, -0.2) is 0 Å². The zero-order valence-electron chi connectivity index (χ0n) is 13.8. The molecular weight excluding hydrogens is 310 g/mol. The van der Waals surface area contributed by atoms with Crippen LogP contribution >= 0.6 is 0 Å². The smallest absolute Gasteiger partial charge is 0.138 e. The van der Waals surface area contributed by atoms with Gasteiger partial charge in [0.15, 0.2) is 0 Å². The van der Waals surface area contributed by atoms with Crippen molar-refractivity contribution in [1.29, 1.82) is 0 Å². The van der Waals surface area contributed by atoms with Crippen molar-refractivity contribution in [1.82, 2.24) is 4.98 Å². The van der Waals surface area contributed by atoms with Gasteiger partial charge in [-0.2, -0.15) is 0 Å². The maximum absolute atomic E-state index is 5.96. The molecule has 2 aromatic heterocycles. The van der Waals surface area contributed by atoms with Crippen LogP contribution in [0.5, 0.6) is 5.75 Å². The predicted molar refractivity (Wildman–Crippen MR) is 101 cm³/mol. The Morgan fingerprint density at radius 2 is 1.76 bits per heavy atom. The molecule has 122 valence electrons. The maximum Gasteiger partial charge on any atom is 0.138 e. The van der Waals surface area contributed by atoms with Crippen LogP contribution < -0.4 is 4.74 Å². The van der Waals surface area contributed by atoms with Gasteiger partial charge in [-0.3, -0.25) is 4.98 Å². The lowest BCUT2D eigenvalue weighted by atomic mass is 10.1. The molecule has 0 atom stereocenters. The summed E-state index contributed by atoms with van der Waals surface area (Å²) in [5, 5.41) is 1.07. The molecular formula is C22H17NO2. The van der Waals surface area contributed by atoms with Crippen molar-refractivity contribution in [2.75, 3.05) is 7.11 Å². The summed E-state index contributed by atoms with van der Waals surface area (Å²) in [4.78, 5) is 4.11. The molecule has 4 rings (SSSR count). The fourth-order valence-electron chi connectivity index (χ4n) is 2.71. The summed E-state index contributed by atoms with van der Waals surface area (Å²) in [5.74, 6) is 1.65. The summed E-state index contributed by atoms with van der Waals surface area (Å²) in [6.45, 7) is 0. The van der Waals surface area contributed by atoms with E-state index in [2.05, 4.69) is 47.5 Å². The SMILES string of the molecule is COc1ccc2cc(-c3ccc(C=Cc4cccnc4)cc3)oc2c1. The molecule has 0 aliphatic rings. The van der Waals surface area contributed by atoms with Crippen molar-refractivity contribution in [3.8, 4) is 17.1 Å². The first kappa shape index (κ1) is 15.2. The first-order valence-corrected chi connectivity index (χ1v) is 8.08. The van der Waals surface area contributed by atoms with Crippen LogP contribution in [0.25, 0.3) is 34.4 Å². The quantitative estimate of drug-likeness (QED) is 0.484. The van der Waals surface area contributed by atoms with Crippen molar-refractivity contribution in [2.24, 2.45) is 0 Å². The molecule has 0 saturated heterocycles. The first-order chi connectivity index (χ1) is 12.3. The minimum atomic E-state index is 0.796. The van der Waals surface area contributed by atoms with Crippen LogP contribution in [0.4, 0.5) is 0 Å². The third-order valence-electron chi connectivity index (χ3n) is 4.08. The summed E-state index contributed by atoms with van der Waals surface area (Å²) in [6, 6.07) is 20.2. The van der Waals surface area contributed by atoms with E-state index in [1.807, 2.05) is 36.5 Å². The van der Waals surface area contributed by atoms with Crippen LogP contribution in [-0.4, -0.2) is 12.1 Å².